The molecule has 0 atom stereocenters. The van der Waals surface area contributed by atoms with E-state index < -0.39 is 0 Å². The molecule has 0 saturated heterocycles. The second-order valence-electron chi connectivity index (χ2n) is 5.77. The number of aryl methyl sites for hydroxylation is 1. The van der Waals surface area contributed by atoms with Gasteiger partial charge < -0.3 is 4.57 Å². The first-order valence-corrected chi connectivity index (χ1v) is 7.06. The van der Waals surface area contributed by atoms with E-state index in [1.807, 2.05) is 12.1 Å². The van der Waals surface area contributed by atoms with Gasteiger partial charge in [-0.05, 0) is 30.9 Å². The summed E-state index contributed by atoms with van der Waals surface area (Å²) >= 11 is 0. The molecule has 0 aliphatic heterocycles. The highest BCUT2D eigenvalue weighted by Gasteiger charge is 2.24. The van der Waals surface area contributed by atoms with E-state index in [0.717, 1.165) is 22.8 Å². The quantitative estimate of drug-likeness (QED) is 0.777. The minimum atomic E-state index is 0.556. The van der Waals surface area contributed by atoms with Crippen LogP contribution in [0.5, 0.6) is 0 Å². The summed E-state index contributed by atoms with van der Waals surface area (Å²) in [4.78, 5) is 4.77. The van der Waals surface area contributed by atoms with E-state index in [9.17, 15) is 5.26 Å². The predicted molar refractivity (Wildman–Crippen MR) is 75.8 cm³/mol. The molecule has 0 unspecified atom stereocenters. The van der Waals surface area contributed by atoms with Gasteiger partial charge in [0.1, 0.15) is 17.4 Å². The van der Waals surface area contributed by atoms with Gasteiger partial charge >= 0.3 is 0 Å². The fraction of sp³-hybridized carbons (Fsp3) is 0.500. The number of imidazole rings is 1. The fourth-order valence-corrected chi connectivity index (χ4v) is 3.21. The highest BCUT2D eigenvalue weighted by Crippen LogP contribution is 2.36. The van der Waals surface area contributed by atoms with Gasteiger partial charge in [0.2, 0.25) is 0 Å². The van der Waals surface area contributed by atoms with E-state index in [4.69, 9.17) is 4.98 Å². The third-order valence-corrected chi connectivity index (χ3v) is 4.45. The average Bonchev–Trinajstić information content (AvgIpc) is 2.77. The Hall–Kier alpha value is -1.82. The summed E-state index contributed by atoms with van der Waals surface area (Å²) in [6, 6.07) is 8.09. The molecule has 3 nitrogen and oxygen atoms in total. The Kier molecular flexibility index (Phi) is 3.02. The van der Waals surface area contributed by atoms with Crippen molar-refractivity contribution in [1.82, 2.24) is 9.55 Å². The standard InChI is InChI=1S/C16H19N3/c1-11-6-8-12(9-7-11)16-18-15-13(10-17)4-3-5-14(15)19(16)2/h3-5,11-12H,6-9H2,1-2H3. The molecule has 1 fully saturated rings. The van der Waals surface area contributed by atoms with Crippen LogP contribution in [0.1, 0.15) is 49.9 Å². The first-order valence-electron chi connectivity index (χ1n) is 7.06. The van der Waals surface area contributed by atoms with Crippen molar-refractivity contribution in [2.45, 2.75) is 38.5 Å². The van der Waals surface area contributed by atoms with Crippen LogP contribution in [-0.2, 0) is 7.05 Å². The zero-order valence-corrected chi connectivity index (χ0v) is 11.6. The summed E-state index contributed by atoms with van der Waals surface area (Å²) in [5.41, 5.74) is 2.62. The lowest BCUT2D eigenvalue weighted by molar-refractivity contribution is 0.337. The Morgan fingerprint density at radius 1 is 1.26 bits per heavy atom. The van der Waals surface area contributed by atoms with Crippen LogP contribution in [0.3, 0.4) is 0 Å². The molecular weight excluding hydrogens is 234 g/mol. The molecule has 0 amide bonds. The van der Waals surface area contributed by atoms with Gasteiger partial charge in [-0.3, -0.25) is 0 Å². The second kappa shape index (κ2) is 4.70. The Labute approximate surface area is 113 Å². The molecule has 2 aromatic rings. The molecule has 1 aliphatic carbocycles. The largest absolute Gasteiger partial charge is 0.331 e. The Morgan fingerprint density at radius 3 is 2.68 bits per heavy atom. The summed E-state index contributed by atoms with van der Waals surface area (Å²) in [6.07, 6.45) is 5.03. The average molecular weight is 253 g/mol. The van der Waals surface area contributed by atoms with E-state index in [-0.39, 0.29) is 0 Å². The van der Waals surface area contributed by atoms with E-state index in [1.54, 1.807) is 0 Å². The van der Waals surface area contributed by atoms with Crippen molar-refractivity contribution in [3.8, 4) is 6.07 Å². The van der Waals surface area contributed by atoms with Crippen LogP contribution in [-0.4, -0.2) is 9.55 Å². The highest BCUT2D eigenvalue weighted by atomic mass is 15.1. The number of rotatable bonds is 1. The molecule has 0 radical (unpaired) electrons. The molecule has 1 aromatic heterocycles. The SMILES string of the molecule is CC1CCC(c2nc3c(C#N)cccc3n2C)CC1. The Bertz CT molecular complexity index is 640. The van der Waals surface area contributed by atoms with Crippen LogP contribution in [0.4, 0.5) is 0 Å². The maximum Gasteiger partial charge on any atom is 0.112 e. The number of aromatic nitrogens is 2. The van der Waals surface area contributed by atoms with Crippen molar-refractivity contribution in [2.24, 2.45) is 13.0 Å². The third kappa shape index (κ3) is 2.02. The molecule has 19 heavy (non-hydrogen) atoms. The number of fused-ring (bicyclic) bond motifs is 1. The van der Waals surface area contributed by atoms with Crippen molar-refractivity contribution < 1.29 is 0 Å². The van der Waals surface area contributed by atoms with Crippen LogP contribution in [0, 0.1) is 17.2 Å². The van der Waals surface area contributed by atoms with Gasteiger partial charge in [-0.1, -0.05) is 25.8 Å². The summed E-state index contributed by atoms with van der Waals surface area (Å²) in [5.74, 6) is 2.56. The lowest BCUT2D eigenvalue weighted by Gasteiger charge is -2.25. The summed E-state index contributed by atoms with van der Waals surface area (Å²) in [6.45, 7) is 2.33. The van der Waals surface area contributed by atoms with Gasteiger partial charge in [-0.15, -0.1) is 0 Å². The molecule has 0 bridgehead atoms. The highest BCUT2D eigenvalue weighted by molar-refractivity contribution is 5.82. The fourth-order valence-electron chi connectivity index (χ4n) is 3.21. The number of hydrogen-bond acceptors (Lipinski definition) is 2. The van der Waals surface area contributed by atoms with Crippen molar-refractivity contribution >= 4 is 11.0 Å². The first-order chi connectivity index (χ1) is 9.20. The summed E-state index contributed by atoms with van der Waals surface area (Å²) < 4.78 is 2.18. The maximum absolute atomic E-state index is 9.18. The van der Waals surface area contributed by atoms with Crippen LogP contribution in [0.25, 0.3) is 11.0 Å². The summed E-state index contributed by atoms with van der Waals surface area (Å²) in [5, 5.41) is 9.18. The van der Waals surface area contributed by atoms with E-state index in [0.29, 0.717) is 11.5 Å². The lowest BCUT2D eigenvalue weighted by atomic mass is 9.82. The normalized spacial score (nSPS) is 23.4. The minimum Gasteiger partial charge on any atom is -0.331 e. The topological polar surface area (TPSA) is 41.6 Å². The zero-order chi connectivity index (χ0) is 13.4. The van der Waals surface area contributed by atoms with Gasteiger partial charge in [0, 0.05) is 13.0 Å². The van der Waals surface area contributed by atoms with Crippen LogP contribution in [0.2, 0.25) is 0 Å². The molecule has 3 heteroatoms. The van der Waals surface area contributed by atoms with Crippen LogP contribution >= 0.6 is 0 Å². The first kappa shape index (κ1) is 12.2. The van der Waals surface area contributed by atoms with Gasteiger partial charge in [0.05, 0.1) is 11.1 Å². The predicted octanol–water partition coefficient (Wildman–Crippen LogP) is 3.74. The van der Waals surface area contributed by atoms with Crippen LogP contribution in [0.15, 0.2) is 18.2 Å². The number of nitrogens with zero attached hydrogens (tertiary/aromatic N) is 3. The molecule has 1 heterocycles. The molecular formula is C16H19N3. The smallest absolute Gasteiger partial charge is 0.112 e. The number of para-hydroxylation sites is 1. The molecule has 1 aromatic carbocycles. The van der Waals surface area contributed by atoms with Crippen molar-refractivity contribution in [1.29, 1.82) is 5.26 Å². The zero-order valence-electron chi connectivity index (χ0n) is 11.6. The van der Waals surface area contributed by atoms with Crippen molar-refractivity contribution in [3.63, 3.8) is 0 Å². The molecule has 0 spiro atoms. The van der Waals surface area contributed by atoms with E-state index in [2.05, 4.69) is 30.7 Å². The molecule has 1 aliphatic rings. The number of nitriles is 1. The summed E-state index contributed by atoms with van der Waals surface area (Å²) in [7, 11) is 2.07. The number of hydrogen-bond donors (Lipinski definition) is 0. The maximum atomic E-state index is 9.18. The Morgan fingerprint density at radius 2 is 2.00 bits per heavy atom. The van der Waals surface area contributed by atoms with Crippen molar-refractivity contribution in [3.05, 3.63) is 29.6 Å². The molecule has 3 rings (SSSR count). The lowest BCUT2D eigenvalue weighted by Crippen LogP contribution is -2.14. The van der Waals surface area contributed by atoms with Gasteiger partial charge in [0.25, 0.3) is 0 Å². The van der Waals surface area contributed by atoms with E-state index in [1.165, 1.54) is 25.7 Å². The molecule has 98 valence electrons. The number of benzene rings is 1. The Balaban J connectivity index is 2.05. The van der Waals surface area contributed by atoms with E-state index >= 15 is 0 Å². The minimum absolute atomic E-state index is 0.556. The second-order valence-corrected chi connectivity index (χ2v) is 5.77. The van der Waals surface area contributed by atoms with Gasteiger partial charge in [-0.25, -0.2) is 4.98 Å². The van der Waals surface area contributed by atoms with Gasteiger partial charge in [-0.2, -0.15) is 5.26 Å². The van der Waals surface area contributed by atoms with Crippen molar-refractivity contribution in [2.75, 3.05) is 0 Å². The molecule has 1 saturated carbocycles. The monoisotopic (exact) mass is 253 g/mol. The van der Waals surface area contributed by atoms with Crippen LogP contribution < -0.4 is 0 Å². The third-order valence-electron chi connectivity index (χ3n) is 4.45. The molecule has 0 N–H and O–H groups in total. The van der Waals surface area contributed by atoms with Gasteiger partial charge in [0.15, 0.2) is 0 Å².